The van der Waals surface area contributed by atoms with E-state index in [9.17, 15) is 9.59 Å². The maximum Gasteiger partial charge on any atom is 0.270 e. The van der Waals surface area contributed by atoms with Crippen LogP contribution in [0.15, 0.2) is 53.7 Å². The molecule has 132 valence electrons. The highest BCUT2D eigenvalue weighted by Gasteiger charge is 2.19. The van der Waals surface area contributed by atoms with Gasteiger partial charge >= 0.3 is 0 Å². The largest absolute Gasteiger partial charge is 0.355 e. The molecule has 26 heavy (non-hydrogen) atoms. The molecule has 0 spiro atoms. The number of hydrogen-bond acceptors (Lipinski definition) is 5. The van der Waals surface area contributed by atoms with Crippen molar-refractivity contribution in [3.05, 3.63) is 64.8 Å². The normalized spacial score (nSPS) is 14.4. The van der Waals surface area contributed by atoms with Gasteiger partial charge in [-0.15, -0.1) is 0 Å². The van der Waals surface area contributed by atoms with Crippen molar-refractivity contribution in [2.75, 3.05) is 23.3 Å². The Balaban J connectivity index is 1.65. The molecule has 1 aliphatic heterocycles. The lowest BCUT2D eigenvalue weighted by Gasteiger charge is -2.29. The fraction of sp³-hybridized carbons (Fsp3) is 0.263. The second kappa shape index (κ2) is 6.95. The Hall–Kier alpha value is -3.22. The summed E-state index contributed by atoms with van der Waals surface area (Å²) in [5.41, 5.74) is 0.722. The van der Waals surface area contributed by atoms with Crippen molar-refractivity contribution in [3.63, 3.8) is 0 Å². The Morgan fingerprint density at radius 1 is 1.04 bits per heavy atom. The molecule has 3 aromatic heterocycles. The maximum absolute atomic E-state index is 12.7. The van der Waals surface area contributed by atoms with Crippen molar-refractivity contribution in [1.29, 1.82) is 0 Å². The van der Waals surface area contributed by atoms with Crippen LogP contribution in [0.3, 0.4) is 0 Å². The van der Waals surface area contributed by atoms with E-state index in [1.165, 1.54) is 17.0 Å². The van der Waals surface area contributed by atoms with Crippen molar-refractivity contribution >= 4 is 23.1 Å². The van der Waals surface area contributed by atoms with Crippen molar-refractivity contribution < 1.29 is 4.79 Å². The second-order valence-corrected chi connectivity index (χ2v) is 6.28. The van der Waals surface area contributed by atoms with Crippen LogP contribution in [0.5, 0.6) is 0 Å². The first kappa shape index (κ1) is 16.3. The van der Waals surface area contributed by atoms with Gasteiger partial charge in [0.15, 0.2) is 5.82 Å². The number of hydrogen-bond donors (Lipinski definition) is 1. The second-order valence-electron chi connectivity index (χ2n) is 6.28. The number of anilines is 2. The molecule has 0 atom stereocenters. The predicted molar refractivity (Wildman–Crippen MR) is 99.7 cm³/mol. The molecule has 0 unspecified atom stereocenters. The number of carbonyl (C=O) groups excluding carboxylic acids is 1. The minimum atomic E-state index is -0.480. The van der Waals surface area contributed by atoms with Gasteiger partial charge in [0.2, 0.25) is 0 Å². The Morgan fingerprint density at radius 2 is 1.88 bits per heavy atom. The number of carbonyl (C=O) groups is 1. The van der Waals surface area contributed by atoms with Crippen LogP contribution in [-0.2, 0) is 0 Å². The van der Waals surface area contributed by atoms with Gasteiger partial charge < -0.3 is 10.2 Å². The number of nitrogens with zero attached hydrogens (tertiary/aromatic N) is 4. The molecule has 1 N–H and O–H groups in total. The number of pyridine rings is 2. The van der Waals surface area contributed by atoms with Crippen LogP contribution in [0, 0.1) is 0 Å². The highest BCUT2D eigenvalue weighted by atomic mass is 16.2. The highest BCUT2D eigenvalue weighted by molar-refractivity contribution is 6.05. The molecular formula is C19H19N5O2. The standard InChI is InChI=1S/C19H19N5O2/c25-18(14-13-21-16-8-2-5-12-24(16)19(14)26)22-15-7-6-9-20-17(15)23-10-3-1-4-11-23/h2,5-9,12-13H,1,3-4,10-11H2,(H,22,25). The summed E-state index contributed by atoms with van der Waals surface area (Å²) >= 11 is 0. The molecule has 7 nitrogen and oxygen atoms in total. The van der Waals surface area contributed by atoms with E-state index in [0.29, 0.717) is 11.3 Å². The Kier molecular flexibility index (Phi) is 4.35. The van der Waals surface area contributed by atoms with Crippen LogP contribution in [0.2, 0.25) is 0 Å². The number of rotatable bonds is 3. The van der Waals surface area contributed by atoms with E-state index in [1.807, 2.05) is 0 Å². The van der Waals surface area contributed by atoms with E-state index in [2.05, 4.69) is 20.2 Å². The summed E-state index contributed by atoms with van der Waals surface area (Å²) in [6.45, 7) is 1.83. The predicted octanol–water partition coefficient (Wildman–Crippen LogP) is 2.33. The fourth-order valence-electron chi connectivity index (χ4n) is 3.22. The zero-order chi connectivity index (χ0) is 17.9. The molecule has 1 aliphatic rings. The van der Waals surface area contributed by atoms with Crippen LogP contribution >= 0.6 is 0 Å². The topological polar surface area (TPSA) is 79.6 Å². The zero-order valence-corrected chi connectivity index (χ0v) is 14.3. The Bertz CT molecular complexity index is 1010. The molecule has 4 rings (SSSR count). The molecule has 1 saturated heterocycles. The molecule has 0 aromatic carbocycles. The van der Waals surface area contributed by atoms with E-state index in [0.717, 1.165) is 31.7 Å². The summed E-state index contributed by atoms with van der Waals surface area (Å²) in [5, 5.41) is 2.83. The fourth-order valence-corrected chi connectivity index (χ4v) is 3.22. The van der Waals surface area contributed by atoms with Gasteiger partial charge in [0.05, 0.1) is 5.69 Å². The van der Waals surface area contributed by atoms with Crippen LogP contribution in [-0.4, -0.2) is 33.4 Å². The Labute approximate surface area is 150 Å². The molecule has 3 aromatic rings. The molecule has 1 amide bonds. The minimum Gasteiger partial charge on any atom is -0.355 e. The van der Waals surface area contributed by atoms with Gasteiger partial charge in [-0.1, -0.05) is 6.07 Å². The third-order valence-electron chi connectivity index (χ3n) is 4.55. The van der Waals surface area contributed by atoms with Crippen LogP contribution in [0.25, 0.3) is 5.65 Å². The van der Waals surface area contributed by atoms with Crippen molar-refractivity contribution in [1.82, 2.24) is 14.4 Å². The van der Waals surface area contributed by atoms with Crippen LogP contribution < -0.4 is 15.8 Å². The summed E-state index contributed by atoms with van der Waals surface area (Å²) < 4.78 is 1.36. The molecule has 0 bridgehead atoms. The van der Waals surface area contributed by atoms with Gasteiger partial charge in [0.25, 0.3) is 11.5 Å². The van der Waals surface area contributed by atoms with Crippen LogP contribution in [0.1, 0.15) is 29.6 Å². The Morgan fingerprint density at radius 3 is 2.73 bits per heavy atom. The molecule has 0 radical (unpaired) electrons. The number of fused-ring (bicyclic) bond motifs is 1. The number of piperidine rings is 1. The summed E-state index contributed by atoms with van der Waals surface area (Å²) in [7, 11) is 0. The van der Waals surface area contributed by atoms with Gasteiger partial charge in [-0.3, -0.25) is 14.0 Å². The number of amides is 1. The van der Waals surface area contributed by atoms with E-state index in [4.69, 9.17) is 0 Å². The first-order valence-corrected chi connectivity index (χ1v) is 8.72. The number of nitrogens with one attached hydrogen (secondary N) is 1. The first-order chi connectivity index (χ1) is 12.7. The van der Waals surface area contributed by atoms with E-state index < -0.39 is 11.5 Å². The molecule has 4 heterocycles. The van der Waals surface area contributed by atoms with E-state index in [-0.39, 0.29) is 5.56 Å². The summed E-state index contributed by atoms with van der Waals surface area (Å²) in [6.07, 6.45) is 8.07. The average Bonchev–Trinajstić information content (AvgIpc) is 2.69. The quantitative estimate of drug-likeness (QED) is 0.785. The molecule has 0 aliphatic carbocycles. The van der Waals surface area contributed by atoms with Gasteiger partial charge in [0.1, 0.15) is 11.2 Å². The third kappa shape index (κ3) is 3.03. The highest BCUT2D eigenvalue weighted by Crippen LogP contribution is 2.25. The maximum atomic E-state index is 12.7. The average molecular weight is 349 g/mol. The molecular weight excluding hydrogens is 330 g/mol. The first-order valence-electron chi connectivity index (χ1n) is 8.72. The molecule has 7 heteroatoms. The summed E-state index contributed by atoms with van der Waals surface area (Å²) in [4.78, 5) is 36.1. The van der Waals surface area contributed by atoms with Crippen molar-refractivity contribution in [3.8, 4) is 0 Å². The van der Waals surface area contributed by atoms with Crippen LogP contribution in [0.4, 0.5) is 11.5 Å². The zero-order valence-electron chi connectivity index (χ0n) is 14.3. The van der Waals surface area contributed by atoms with E-state index in [1.54, 1.807) is 42.7 Å². The SMILES string of the molecule is O=C(Nc1cccnc1N1CCCCC1)c1cnc2ccccn2c1=O. The van der Waals surface area contributed by atoms with Gasteiger partial charge in [0, 0.05) is 31.7 Å². The third-order valence-corrected chi connectivity index (χ3v) is 4.55. The minimum absolute atomic E-state index is 0.00199. The smallest absolute Gasteiger partial charge is 0.270 e. The lowest BCUT2D eigenvalue weighted by atomic mass is 10.1. The lowest BCUT2D eigenvalue weighted by molar-refractivity contribution is 0.102. The van der Waals surface area contributed by atoms with Gasteiger partial charge in [-0.2, -0.15) is 0 Å². The van der Waals surface area contributed by atoms with Gasteiger partial charge in [-0.25, -0.2) is 9.97 Å². The molecule has 1 fully saturated rings. The van der Waals surface area contributed by atoms with E-state index >= 15 is 0 Å². The van der Waals surface area contributed by atoms with Crippen molar-refractivity contribution in [2.45, 2.75) is 19.3 Å². The summed E-state index contributed by atoms with van der Waals surface area (Å²) in [5.74, 6) is 0.265. The monoisotopic (exact) mass is 349 g/mol. The van der Waals surface area contributed by atoms with Gasteiger partial charge in [-0.05, 0) is 43.5 Å². The van der Waals surface area contributed by atoms with Crippen molar-refractivity contribution in [2.24, 2.45) is 0 Å². The molecule has 0 saturated carbocycles. The lowest BCUT2D eigenvalue weighted by Crippen LogP contribution is -2.32. The number of aromatic nitrogens is 3. The summed E-state index contributed by atoms with van der Waals surface area (Å²) in [6, 6.07) is 8.82.